The number of carbonyl (C=O) groups excluding carboxylic acids is 3. The zero-order chi connectivity index (χ0) is 25.7. The maximum Gasteiger partial charge on any atom is 0.345 e. The molecular weight excluding hydrogens is 440 g/mol. The van der Waals surface area contributed by atoms with Gasteiger partial charge in [0.05, 0.1) is 27.4 Å². The molecule has 1 fully saturated rings. The first-order valence-electron chi connectivity index (χ1n) is 11.6. The van der Waals surface area contributed by atoms with Crippen LogP contribution in [0.4, 0.5) is 0 Å². The lowest BCUT2D eigenvalue weighted by atomic mass is 9.83. The molecule has 1 saturated heterocycles. The Morgan fingerprint density at radius 1 is 1.06 bits per heavy atom. The largest absolute Gasteiger partial charge is 0.497 e. The number of ether oxygens (including phenoxy) is 4. The van der Waals surface area contributed by atoms with Crippen molar-refractivity contribution in [3.8, 4) is 11.5 Å². The van der Waals surface area contributed by atoms with E-state index in [1.165, 1.54) is 26.2 Å². The second-order valence-electron chi connectivity index (χ2n) is 9.15. The van der Waals surface area contributed by atoms with Crippen LogP contribution in [-0.4, -0.2) is 68.7 Å². The van der Waals surface area contributed by atoms with E-state index in [2.05, 4.69) is 5.32 Å². The van der Waals surface area contributed by atoms with E-state index in [1.807, 2.05) is 0 Å². The topological polar surface area (TPSA) is 103 Å². The summed E-state index contributed by atoms with van der Waals surface area (Å²) in [5.41, 5.74) is -2.53. The van der Waals surface area contributed by atoms with Gasteiger partial charge in [-0.25, -0.2) is 9.59 Å². The maximum absolute atomic E-state index is 13.9. The van der Waals surface area contributed by atoms with Crippen molar-refractivity contribution >= 4 is 17.8 Å². The Kier molecular flexibility index (Phi) is 8.94. The third-order valence-corrected chi connectivity index (χ3v) is 6.40. The molecule has 190 valence electrons. The molecule has 0 aromatic heterocycles. The molecule has 0 radical (unpaired) electrons. The Bertz CT molecular complexity index is 871. The Labute approximate surface area is 202 Å². The Morgan fingerprint density at radius 3 is 2.06 bits per heavy atom. The van der Waals surface area contributed by atoms with Crippen molar-refractivity contribution in [1.29, 1.82) is 0 Å². The summed E-state index contributed by atoms with van der Waals surface area (Å²) in [7, 11) is 4.26. The van der Waals surface area contributed by atoms with Crippen LogP contribution in [0, 0.1) is 5.92 Å². The molecule has 1 aliphatic heterocycles. The van der Waals surface area contributed by atoms with E-state index in [0.717, 1.165) is 6.42 Å². The molecule has 2 atom stereocenters. The van der Waals surface area contributed by atoms with Gasteiger partial charge in [0.1, 0.15) is 17.1 Å². The summed E-state index contributed by atoms with van der Waals surface area (Å²) in [5, 5.41) is 3.15. The molecule has 9 nitrogen and oxygen atoms in total. The molecule has 2 rings (SSSR count). The predicted molar refractivity (Wildman–Crippen MR) is 127 cm³/mol. The van der Waals surface area contributed by atoms with Crippen molar-refractivity contribution in [2.24, 2.45) is 5.92 Å². The average Bonchev–Trinajstić information content (AvgIpc) is 3.35. The lowest BCUT2D eigenvalue weighted by Crippen LogP contribution is -2.68. The SMILES string of the molecule is CCN(C(=O)[C@@H]1CCCN1)[C@@](C(=O)OC)(C(=O)OC(C)(C)c1cc(OC)cc(OC)c1)C(C)C. The van der Waals surface area contributed by atoms with Gasteiger partial charge in [0.25, 0.3) is 0 Å². The highest BCUT2D eigenvalue weighted by atomic mass is 16.6. The zero-order valence-electron chi connectivity index (χ0n) is 21.5. The van der Waals surface area contributed by atoms with Gasteiger partial charge < -0.3 is 29.2 Å². The minimum absolute atomic E-state index is 0.132. The molecule has 0 unspecified atom stereocenters. The molecule has 1 N–H and O–H groups in total. The molecule has 1 aromatic rings. The first-order chi connectivity index (χ1) is 16.0. The smallest absolute Gasteiger partial charge is 0.345 e. The van der Waals surface area contributed by atoms with Gasteiger partial charge in [0.2, 0.25) is 11.4 Å². The first kappa shape index (κ1) is 27.4. The van der Waals surface area contributed by atoms with Crippen molar-refractivity contribution in [2.45, 2.75) is 64.6 Å². The van der Waals surface area contributed by atoms with Gasteiger partial charge in [0, 0.05) is 18.2 Å². The van der Waals surface area contributed by atoms with Crippen LogP contribution in [0.25, 0.3) is 0 Å². The minimum Gasteiger partial charge on any atom is -0.497 e. The van der Waals surface area contributed by atoms with Crippen molar-refractivity contribution in [1.82, 2.24) is 10.2 Å². The summed E-state index contributed by atoms with van der Waals surface area (Å²) >= 11 is 0. The summed E-state index contributed by atoms with van der Waals surface area (Å²) in [6.07, 6.45) is 1.48. The molecule has 0 bridgehead atoms. The van der Waals surface area contributed by atoms with E-state index >= 15 is 0 Å². The van der Waals surface area contributed by atoms with Crippen LogP contribution >= 0.6 is 0 Å². The third kappa shape index (κ3) is 5.14. The summed E-state index contributed by atoms with van der Waals surface area (Å²) in [5.74, 6) is -1.57. The number of amides is 1. The summed E-state index contributed by atoms with van der Waals surface area (Å²) in [6.45, 7) is 9.40. The Balaban J connectivity index is 2.55. The molecule has 1 aromatic carbocycles. The molecule has 0 aliphatic carbocycles. The molecule has 1 aliphatic rings. The Morgan fingerprint density at radius 2 is 1.65 bits per heavy atom. The summed E-state index contributed by atoms with van der Waals surface area (Å²) in [4.78, 5) is 42.0. The van der Waals surface area contributed by atoms with Gasteiger partial charge in [-0.15, -0.1) is 0 Å². The van der Waals surface area contributed by atoms with Crippen LogP contribution < -0.4 is 14.8 Å². The van der Waals surface area contributed by atoms with Crippen LogP contribution in [0.2, 0.25) is 0 Å². The number of likely N-dealkylation sites (N-methyl/N-ethyl adjacent to an activating group) is 1. The first-order valence-corrected chi connectivity index (χ1v) is 11.6. The lowest BCUT2D eigenvalue weighted by molar-refractivity contribution is -0.190. The van der Waals surface area contributed by atoms with E-state index < -0.39 is 35.0 Å². The number of nitrogens with zero attached hydrogens (tertiary/aromatic N) is 1. The fraction of sp³-hybridized carbons (Fsp3) is 0.640. The van der Waals surface area contributed by atoms with E-state index in [-0.39, 0.29) is 12.5 Å². The van der Waals surface area contributed by atoms with Crippen molar-refractivity contribution < 1.29 is 33.3 Å². The highest BCUT2D eigenvalue weighted by molar-refractivity contribution is 6.08. The van der Waals surface area contributed by atoms with Gasteiger partial charge >= 0.3 is 11.9 Å². The van der Waals surface area contributed by atoms with Gasteiger partial charge in [0.15, 0.2) is 0 Å². The second kappa shape index (κ2) is 11.1. The summed E-state index contributed by atoms with van der Waals surface area (Å²) in [6, 6.07) is 4.71. The normalized spacial score (nSPS) is 17.6. The van der Waals surface area contributed by atoms with Crippen LogP contribution in [-0.2, 0) is 29.5 Å². The van der Waals surface area contributed by atoms with Gasteiger partial charge in [-0.1, -0.05) is 13.8 Å². The van der Waals surface area contributed by atoms with E-state index in [1.54, 1.807) is 52.8 Å². The molecule has 1 amide bonds. The predicted octanol–water partition coefficient (Wildman–Crippen LogP) is 2.65. The number of nitrogens with one attached hydrogen (secondary N) is 1. The van der Waals surface area contributed by atoms with Gasteiger partial charge in [-0.05, 0) is 58.2 Å². The number of hydrogen-bond acceptors (Lipinski definition) is 8. The number of rotatable bonds is 10. The number of hydrogen-bond donors (Lipinski definition) is 1. The van der Waals surface area contributed by atoms with E-state index in [4.69, 9.17) is 18.9 Å². The van der Waals surface area contributed by atoms with Crippen molar-refractivity contribution in [2.75, 3.05) is 34.4 Å². The van der Waals surface area contributed by atoms with Crippen LogP contribution in [0.5, 0.6) is 11.5 Å². The Hall–Kier alpha value is -2.81. The van der Waals surface area contributed by atoms with Crippen LogP contribution in [0.1, 0.15) is 53.0 Å². The molecule has 34 heavy (non-hydrogen) atoms. The molecule has 1 heterocycles. The fourth-order valence-corrected chi connectivity index (χ4v) is 4.43. The molecule has 0 saturated carbocycles. The molecule has 0 spiro atoms. The highest BCUT2D eigenvalue weighted by Gasteiger charge is 2.59. The molecule has 9 heteroatoms. The fourth-order valence-electron chi connectivity index (χ4n) is 4.43. The quantitative estimate of drug-likeness (QED) is 0.404. The maximum atomic E-state index is 13.9. The minimum atomic E-state index is -1.95. The number of benzene rings is 1. The molecular formula is C25H38N2O7. The zero-order valence-corrected chi connectivity index (χ0v) is 21.5. The van der Waals surface area contributed by atoms with E-state index in [0.29, 0.717) is 30.0 Å². The van der Waals surface area contributed by atoms with Crippen LogP contribution in [0.3, 0.4) is 0 Å². The van der Waals surface area contributed by atoms with Crippen molar-refractivity contribution in [3.63, 3.8) is 0 Å². The third-order valence-electron chi connectivity index (χ3n) is 6.40. The second-order valence-corrected chi connectivity index (χ2v) is 9.15. The number of esters is 2. The van der Waals surface area contributed by atoms with Crippen LogP contribution in [0.15, 0.2) is 18.2 Å². The lowest BCUT2D eigenvalue weighted by Gasteiger charge is -2.44. The average molecular weight is 479 g/mol. The number of carbonyl (C=O) groups is 3. The number of methoxy groups -OCH3 is 3. The monoisotopic (exact) mass is 478 g/mol. The van der Waals surface area contributed by atoms with Gasteiger partial charge in [-0.2, -0.15) is 0 Å². The standard InChI is InChI=1S/C25H38N2O7/c1-9-27(21(28)20-11-10-12-26-20)25(16(2)3,22(29)33-8)23(30)34-24(4,5)17-13-18(31-6)15-19(14-17)32-7/h13-16,20,26H,9-12H2,1-8H3/t20-,25-/m0/s1. The summed E-state index contributed by atoms with van der Waals surface area (Å²) < 4.78 is 21.8. The van der Waals surface area contributed by atoms with Gasteiger partial charge in [-0.3, -0.25) is 4.79 Å². The van der Waals surface area contributed by atoms with E-state index in [9.17, 15) is 14.4 Å². The van der Waals surface area contributed by atoms with Crippen molar-refractivity contribution in [3.05, 3.63) is 23.8 Å². The highest BCUT2D eigenvalue weighted by Crippen LogP contribution is 2.36.